The molecule has 6 rings (SSSR count). The first-order valence-corrected chi connectivity index (χ1v) is 23.1. The van der Waals surface area contributed by atoms with Gasteiger partial charge in [-0.1, -0.05) is 134 Å². The van der Waals surface area contributed by atoms with Crippen LogP contribution in [0.4, 0.5) is 0 Å². The molecule has 3 aromatic carbocycles. The van der Waals surface area contributed by atoms with E-state index in [4.69, 9.17) is 14.2 Å². The maximum absolute atomic E-state index is 10.0. The summed E-state index contributed by atoms with van der Waals surface area (Å²) in [5, 5.41) is 30.0. The quantitative estimate of drug-likeness (QED) is 0.119. The third-order valence-corrected chi connectivity index (χ3v) is 12.0. The van der Waals surface area contributed by atoms with E-state index in [1.54, 1.807) is 0 Å². The van der Waals surface area contributed by atoms with E-state index in [-0.39, 0.29) is 18.3 Å². The molecule has 0 radical (unpaired) electrons. The minimum atomic E-state index is -0.358. The summed E-state index contributed by atoms with van der Waals surface area (Å²) >= 11 is 0. The first-order valence-electron chi connectivity index (χ1n) is 23.1. The Morgan fingerprint density at radius 2 is 0.684 bits per heavy atom. The van der Waals surface area contributed by atoms with Crippen LogP contribution in [0.2, 0.25) is 0 Å². The SMILES string of the molecule is CCCC(O)c1cccc(OCC2CCCCC2)c1.CCC[C@@H](O)c1cccc(OCC2CCCCC2)c1.CCC[C@H](O)c1cccc(OCC2CCCCC2)c1. The Morgan fingerprint density at radius 1 is 0.421 bits per heavy atom. The lowest BCUT2D eigenvalue weighted by atomic mass is 9.90. The van der Waals surface area contributed by atoms with E-state index in [0.717, 1.165) is 110 Å². The number of hydrogen-bond acceptors (Lipinski definition) is 6. The van der Waals surface area contributed by atoms with Crippen molar-refractivity contribution in [1.29, 1.82) is 0 Å². The molecule has 0 bridgehead atoms. The van der Waals surface area contributed by atoms with Crippen molar-refractivity contribution in [1.82, 2.24) is 0 Å². The topological polar surface area (TPSA) is 88.4 Å². The number of benzene rings is 3. The molecule has 0 aliphatic heterocycles. The normalized spacial score (nSPS) is 18.2. The standard InChI is InChI=1S/3C17H26O2/c3*1-2-7-17(18)15-10-6-11-16(12-15)19-13-14-8-4-3-5-9-14/h3*6,10-12,14,17-18H,2-5,7-9,13H2,1H3/t2*17-;/m10./s1. The lowest BCUT2D eigenvalue weighted by Gasteiger charge is -2.22. The van der Waals surface area contributed by atoms with Gasteiger partial charge in [0.2, 0.25) is 0 Å². The Hall–Kier alpha value is -3.06. The second-order valence-corrected chi connectivity index (χ2v) is 17.1. The van der Waals surface area contributed by atoms with Gasteiger partial charge in [-0.25, -0.2) is 0 Å². The zero-order valence-electron chi connectivity index (χ0n) is 35.9. The van der Waals surface area contributed by atoms with Gasteiger partial charge in [0.05, 0.1) is 38.1 Å². The van der Waals surface area contributed by atoms with Crippen molar-refractivity contribution >= 4 is 0 Å². The Kier molecular flexibility index (Phi) is 22.6. The minimum absolute atomic E-state index is 0.358. The van der Waals surface area contributed by atoms with Gasteiger partial charge in [-0.2, -0.15) is 0 Å². The molecule has 0 saturated heterocycles. The zero-order valence-corrected chi connectivity index (χ0v) is 35.9. The van der Waals surface area contributed by atoms with Gasteiger partial charge >= 0.3 is 0 Å². The molecule has 318 valence electrons. The van der Waals surface area contributed by atoms with Gasteiger partial charge in [0, 0.05) is 0 Å². The molecule has 57 heavy (non-hydrogen) atoms. The van der Waals surface area contributed by atoms with E-state index in [9.17, 15) is 15.3 Å². The molecule has 3 aliphatic rings. The van der Waals surface area contributed by atoms with Crippen molar-refractivity contribution in [2.24, 2.45) is 17.8 Å². The van der Waals surface area contributed by atoms with Gasteiger partial charge in [0.15, 0.2) is 0 Å². The van der Waals surface area contributed by atoms with Gasteiger partial charge in [0.1, 0.15) is 17.2 Å². The largest absolute Gasteiger partial charge is 0.493 e. The monoisotopic (exact) mass is 787 g/mol. The van der Waals surface area contributed by atoms with Gasteiger partial charge in [0.25, 0.3) is 0 Å². The molecule has 3 aliphatic carbocycles. The van der Waals surface area contributed by atoms with E-state index < -0.39 is 0 Å². The van der Waals surface area contributed by atoms with Crippen LogP contribution in [0.25, 0.3) is 0 Å². The van der Waals surface area contributed by atoms with Crippen molar-refractivity contribution in [2.75, 3.05) is 19.8 Å². The lowest BCUT2D eigenvalue weighted by Crippen LogP contribution is -2.15. The third kappa shape index (κ3) is 18.2. The fraction of sp³-hybridized carbons (Fsp3) is 0.647. The van der Waals surface area contributed by atoms with Gasteiger partial charge in [-0.3, -0.25) is 0 Å². The van der Waals surface area contributed by atoms with Crippen molar-refractivity contribution in [2.45, 2.75) is 174 Å². The smallest absolute Gasteiger partial charge is 0.119 e. The summed E-state index contributed by atoms with van der Waals surface area (Å²) in [4.78, 5) is 0. The van der Waals surface area contributed by atoms with Gasteiger partial charge in [-0.05, 0) is 129 Å². The van der Waals surface area contributed by atoms with Crippen LogP contribution in [-0.4, -0.2) is 35.1 Å². The van der Waals surface area contributed by atoms with Crippen molar-refractivity contribution < 1.29 is 29.5 Å². The van der Waals surface area contributed by atoms with Crippen LogP contribution in [0, 0.1) is 17.8 Å². The van der Waals surface area contributed by atoms with E-state index in [2.05, 4.69) is 20.8 Å². The van der Waals surface area contributed by atoms with E-state index >= 15 is 0 Å². The molecule has 6 nitrogen and oxygen atoms in total. The lowest BCUT2D eigenvalue weighted by molar-refractivity contribution is 0.165. The summed E-state index contributed by atoms with van der Waals surface area (Å²) in [5.41, 5.74) is 2.92. The van der Waals surface area contributed by atoms with Crippen molar-refractivity contribution in [3.05, 3.63) is 89.5 Å². The molecule has 0 heterocycles. The summed E-state index contributed by atoms with van der Waals surface area (Å²) in [6.07, 6.45) is 24.4. The molecule has 6 heteroatoms. The molecular formula is C51H78O6. The number of aliphatic hydroxyl groups is 3. The molecule has 3 atom stereocenters. The average Bonchev–Trinajstić information content (AvgIpc) is 3.26. The van der Waals surface area contributed by atoms with Crippen LogP contribution in [0.3, 0.4) is 0 Å². The van der Waals surface area contributed by atoms with Crippen molar-refractivity contribution in [3.63, 3.8) is 0 Å². The zero-order chi connectivity index (χ0) is 40.5. The molecule has 3 fully saturated rings. The van der Waals surface area contributed by atoms with Gasteiger partial charge in [-0.15, -0.1) is 0 Å². The van der Waals surface area contributed by atoms with Crippen LogP contribution in [0.5, 0.6) is 17.2 Å². The maximum Gasteiger partial charge on any atom is 0.119 e. The van der Waals surface area contributed by atoms with Crippen LogP contribution >= 0.6 is 0 Å². The summed E-state index contributed by atoms with van der Waals surface area (Å²) < 4.78 is 17.7. The Balaban J connectivity index is 0.000000189. The van der Waals surface area contributed by atoms with E-state index in [0.29, 0.717) is 0 Å². The average molecular weight is 787 g/mol. The second-order valence-electron chi connectivity index (χ2n) is 17.1. The molecule has 0 amide bonds. The first kappa shape index (κ1) is 46.6. The highest BCUT2D eigenvalue weighted by molar-refractivity contribution is 5.31. The van der Waals surface area contributed by atoms with E-state index in [1.165, 1.54) is 96.3 Å². The number of ether oxygens (including phenoxy) is 3. The van der Waals surface area contributed by atoms with Crippen LogP contribution in [0.15, 0.2) is 72.8 Å². The highest BCUT2D eigenvalue weighted by atomic mass is 16.5. The molecular weight excluding hydrogens is 709 g/mol. The molecule has 3 saturated carbocycles. The molecule has 3 N–H and O–H groups in total. The van der Waals surface area contributed by atoms with Crippen molar-refractivity contribution in [3.8, 4) is 17.2 Å². The first-order chi connectivity index (χ1) is 27.9. The number of aliphatic hydroxyl groups excluding tert-OH is 3. The molecule has 3 aromatic rings. The number of rotatable bonds is 18. The highest BCUT2D eigenvalue weighted by Gasteiger charge is 2.17. The summed E-state index contributed by atoms with van der Waals surface area (Å²) in [6, 6.07) is 23.8. The second kappa shape index (κ2) is 27.6. The predicted octanol–water partition coefficient (Wildman–Crippen LogP) is 13.4. The fourth-order valence-corrected chi connectivity index (χ4v) is 8.46. The van der Waals surface area contributed by atoms with Crippen LogP contribution < -0.4 is 14.2 Å². The molecule has 0 aromatic heterocycles. The Bertz CT molecular complexity index is 1280. The van der Waals surface area contributed by atoms with E-state index in [1.807, 2.05) is 72.8 Å². The molecule has 0 spiro atoms. The summed E-state index contributed by atoms with van der Waals surface area (Å²) in [6.45, 7) is 8.75. The third-order valence-electron chi connectivity index (χ3n) is 12.0. The van der Waals surface area contributed by atoms with Crippen LogP contribution in [-0.2, 0) is 0 Å². The minimum Gasteiger partial charge on any atom is -0.493 e. The highest BCUT2D eigenvalue weighted by Crippen LogP contribution is 2.29. The number of hydrogen-bond donors (Lipinski definition) is 3. The summed E-state index contributed by atoms with van der Waals surface area (Å²) in [5.74, 6) is 4.86. The van der Waals surface area contributed by atoms with Gasteiger partial charge < -0.3 is 29.5 Å². The molecule has 1 unspecified atom stereocenters. The Morgan fingerprint density at radius 3 is 0.930 bits per heavy atom. The fourth-order valence-electron chi connectivity index (χ4n) is 8.46. The predicted molar refractivity (Wildman–Crippen MR) is 235 cm³/mol. The summed E-state index contributed by atoms with van der Waals surface area (Å²) in [7, 11) is 0. The Labute approximate surface area is 346 Å². The maximum atomic E-state index is 10.0. The van der Waals surface area contributed by atoms with Crippen LogP contribution in [0.1, 0.15) is 191 Å².